The Kier molecular flexibility index (Phi) is 3.61. The van der Waals surface area contributed by atoms with E-state index < -0.39 is 6.61 Å². The van der Waals surface area contributed by atoms with E-state index in [9.17, 15) is 9.90 Å². The van der Waals surface area contributed by atoms with Gasteiger partial charge in [0.2, 0.25) is 5.91 Å². The summed E-state index contributed by atoms with van der Waals surface area (Å²) >= 11 is 0. The second-order valence-electron chi connectivity index (χ2n) is 3.95. The molecule has 1 aromatic carbocycles. The maximum Gasteiger partial charge on any atom is 0.248 e. The summed E-state index contributed by atoms with van der Waals surface area (Å²) in [6.45, 7) is 0.858. The van der Waals surface area contributed by atoms with Crippen molar-refractivity contribution in [2.24, 2.45) is 0 Å². The van der Waals surface area contributed by atoms with E-state index >= 15 is 0 Å². The van der Waals surface area contributed by atoms with Crippen LogP contribution in [-0.2, 0) is 9.53 Å². The minimum Gasteiger partial charge on any atom is -0.508 e. The highest BCUT2D eigenvalue weighted by Gasteiger charge is 2.24. The van der Waals surface area contributed by atoms with E-state index in [2.05, 4.69) is 0 Å². The van der Waals surface area contributed by atoms with Crippen molar-refractivity contribution in [3.63, 3.8) is 0 Å². The van der Waals surface area contributed by atoms with Crippen LogP contribution in [0.25, 0.3) is 0 Å². The second kappa shape index (κ2) is 5.16. The van der Waals surface area contributed by atoms with Gasteiger partial charge >= 0.3 is 0 Å². The fourth-order valence-electron chi connectivity index (χ4n) is 1.90. The summed E-state index contributed by atoms with van der Waals surface area (Å²) in [5.41, 5.74) is 0.834. The summed E-state index contributed by atoms with van der Waals surface area (Å²) in [6, 6.07) is 6.79. The van der Waals surface area contributed by atoms with Crippen LogP contribution in [0.1, 0.15) is 11.7 Å². The molecule has 17 heavy (non-hydrogen) atoms. The smallest absolute Gasteiger partial charge is 0.248 e. The van der Waals surface area contributed by atoms with Crippen LogP contribution in [0.3, 0.4) is 0 Å². The standard InChI is InChI=1S/C12H15NO4/c14-8-12(16)13-4-5-17-11(7-13)9-2-1-3-10(15)6-9/h1-3,6,11,14-15H,4-5,7-8H2. The minimum atomic E-state index is -0.479. The molecule has 92 valence electrons. The number of carbonyl (C=O) groups is 1. The number of nitrogens with zero attached hydrogens (tertiary/aromatic N) is 1. The normalized spacial score (nSPS) is 20.3. The predicted molar refractivity (Wildman–Crippen MR) is 60.5 cm³/mol. The third-order valence-electron chi connectivity index (χ3n) is 2.80. The first-order valence-electron chi connectivity index (χ1n) is 5.50. The Balaban J connectivity index is 2.09. The van der Waals surface area contributed by atoms with Gasteiger partial charge in [-0.2, -0.15) is 0 Å². The molecule has 1 saturated heterocycles. The molecule has 2 rings (SSSR count). The number of rotatable bonds is 2. The number of aromatic hydroxyl groups is 1. The highest BCUT2D eigenvalue weighted by molar-refractivity contribution is 5.77. The van der Waals surface area contributed by atoms with Crippen LogP contribution in [0, 0.1) is 0 Å². The average molecular weight is 237 g/mol. The number of carbonyl (C=O) groups excluding carboxylic acids is 1. The highest BCUT2D eigenvalue weighted by atomic mass is 16.5. The van der Waals surface area contributed by atoms with Gasteiger partial charge in [-0.15, -0.1) is 0 Å². The third kappa shape index (κ3) is 2.75. The Bertz CT molecular complexity index is 407. The molecule has 0 saturated carbocycles. The van der Waals surface area contributed by atoms with Crippen LogP contribution in [0.15, 0.2) is 24.3 Å². The third-order valence-corrected chi connectivity index (χ3v) is 2.80. The number of aliphatic hydroxyl groups excluding tert-OH is 1. The van der Waals surface area contributed by atoms with E-state index in [1.165, 1.54) is 0 Å². The molecule has 5 nitrogen and oxygen atoms in total. The van der Waals surface area contributed by atoms with Gasteiger partial charge in [0, 0.05) is 6.54 Å². The van der Waals surface area contributed by atoms with Gasteiger partial charge in [-0.25, -0.2) is 0 Å². The SMILES string of the molecule is O=C(CO)N1CCOC(c2cccc(O)c2)C1. The van der Waals surface area contributed by atoms with Gasteiger partial charge in [0.15, 0.2) is 0 Å². The van der Waals surface area contributed by atoms with Crippen molar-refractivity contribution in [2.75, 3.05) is 26.3 Å². The maximum absolute atomic E-state index is 11.4. The lowest BCUT2D eigenvalue weighted by Gasteiger charge is -2.32. The quantitative estimate of drug-likeness (QED) is 0.775. The molecular weight excluding hydrogens is 222 g/mol. The van der Waals surface area contributed by atoms with E-state index in [1.807, 2.05) is 6.07 Å². The Morgan fingerprint density at radius 1 is 1.53 bits per heavy atom. The van der Waals surface area contributed by atoms with Crippen molar-refractivity contribution in [1.82, 2.24) is 4.90 Å². The molecule has 1 fully saturated rings. The van der Waals surface area contributed by atoms with Crippen molar-refractivity contribution in [1.29, 1.82) is 0 Å². The molecule has 0 spiro atoms. The Morgan fingerprint density at radius 2 is 2.35 bits per heavy atom. The summed E-state index contributed by atoms with van der Waals surface area (Å²) in [5.74, 6) is -0.116. The van der Waals surface area contributed by atoms with Gasteiger partial charge in [0.05, 0.1) is 13.2 Å². The molecule has 1 aromatic rings. The van der Waals surface area contributed by atoms with Crippen molar-refractivity contribution in [3.8, 4) is 5.75 Å². The van der Waals surface area contributed by atoms with Crippen LogP contribution >= 0.6 is 0 Å². The second-order valence-corrected chi connectivity index (χ2v) is 3.95. The molecule has 1 aliphatic heterocycles. The van der Waals surface area contributed by atoms with Gasteiger partial charge in [-0.1, -0.05) is 12.1 Å². The predicted octanol–water partition coefficient (Wildman–Crippen LogP) is 0.284. The zero-order valence-electron chi connectivity index (χ0n) is 9.37. The summed E-state index contributed by atoms with van der Waals surface area (Å²) < 4.78 is 5.56. The van der Waals surface area contributed by atoms with Crippen LogP contribution in [-0.4, -0.2) is 47.3 Å². The Hall–Kier alpha value is -1.59. The van der Waals surface area contributed by atoms with Gasteiger partial charge < -0.3 is 19.8 Å². The molecule has 5 heteroatoms. The molecule has 2 N–H and O–H groups in total. The zero-order valence-corrected chi connectivity index (χ0v) is 9.37. The number of aliphatic hydroxyl groups is 1. The van der Waals surface area contributed by atoms with Gasteiger partial charge in [0.25, 0.3) is 0 Å². The number of ether oxygens (including phenoxy) is 1. The number of hydrogen-bond donors (Lipinski definition) is 2. The largest absolute Gasteiger partial charge is 0.508 e. The van der Waals surface area contributed by atoms with Crippen molar-refractivity contribution in [3.05, 3.63) is 29.8 Å². The first kappa shape index (κ1) is 11.9. The summed E-state index contributed by atoms with van der Waals surface area (Å²) in [6.07, 6.45) is -0.244. The van der Waals surface area contributed by atoms with E-state index in [4.69, 9.17) is 9.84 Å². The van der Waals surface area contributed by atoms with Crippen molar-refractivity contribution in [2.45, 2.75) is 6.10 Å². The topological polar surface area (TPSA) is 70.0 Å². The molecule has 0 aromatic heterocycles. The summed E-state index contributed by atoms with van der Waals surface area (Å²) in [7, 11) is 0. The number of morpholine rings is 1. The number of phenols is 1. The molecule has 0 bridgehead atoms. The van der Waals surface area contributed by atoms with Crippen LogP contribution in [0.4, 0.5) is 0 Å². The van der Waals surface area contributed by atoms with Crippen LogP contribution in [0.2, 0.25) is 0 Å². The summed E-state index contributed by atoms with van der Waals surface area (Å²) in [4.78, 5) is 12.9. The summed E-state index contributed by atoms with van der Waals surface area (Å²) in [5, 5.41) is 18.2. The number of phenolic OH excluding ortho intramolecular Hbond substituents is 1. The van der Waals surface area contributed by atoms with Crippen molar-refractivity contribution >= 4 is 5.91 Å². The zero-order chi connectivity index (χ0) is 12.3. The average Bonchev–Trinajstić information content (AvgIpc) is 2.38. The number of hydrogen-bond acceptors (Lipinski definition) is 4. The molecule has 1 amide bonds. The van der Waals surface area contributed by atoms with E-state index in [-0.39, 0.29) is 17.8 Å². The molecule has 1 aliphatic rings. The van der Waals surface area contributed by atoms with E-state index in [1.54, 1.807) is 23.1 Å². The highest BCUT2D eigenvalue weighted by Crippen LogP contribution is 2.24. The van der Waals surface area contributed by atoms with E-state index in [0.29, 0.717) is 19.7 Å². The molecule has 0 radical (unpaired) electrons. The van der Waals surface area contributed by atoms with E-state index in [0.717, 1.165) is 5.56 Å². The lowest BCUT2D eigenvalue weighted by atomic mass is 10.1. The number of amides is 1. The monoisotopic (exact) mass is 237 g/mol. The number of benzene rings is 1. The molecular formula is C12H15NO4. The lowest BCUT2D eigenvalue weighted by Crippen LogP contribution is -2.43. The lowest BCUT2D eigenvalue weighted by molar-refractivity contribution is -0.141. The molecule has 1 unspecified atom stereocenters. The van der Waals surface area contributed by atoms with Gasteiger partial charge in [-0.05, 0) is 17.7 Å². The fourth-order valence-corrected chi connectivity index (χ4v) is 1.90. The Labute approximate surface area is 99.2 Å². The van der Waals surface area contributed by atoms with Gasteiger partial charge in [0.1, 0.15) is 18.5 Å². The molecule has 1 atom stereocenters. The molecule has 0 aliphatic carbocycles. The molecule has 1 heterocycles. The van der Waals surface area contributed by atoms with Crippen LogP contribution < -0.4 is 0 Å². The van der Waals surface area contributed by atoms with Gasteiger partial charge in [-0.3, -0.25) is 4.79 Å². The Morgan fingerprint density at radius 3 is 3.06 bits per heavy atom. The minimum absolute atomic E-state index is 0.178. The van der Waals surface area contributed by atoms with Crippen LogP contribution in [0.5, 0.6) is 5.75 Å². The van der Waals surface area contributed by atoms with Crippen molar-refractivity contribution < 1.29 is 19.7 Å². The fraction of sp³-hybridized carbons (Fsp3) is 0.417. The maximum atomic E-state index is 11.4. The first-order chi connectivity index (χ1) is 8.20. The first-order valence-corrected chi connectivity index (χ1v) is 5.50.